The Morgan fingerprint density at radius 1 is 1.32 bits per heavy atom. The van der Waals surface area contributed by atoms with Gasteiger partial charge in [0.2, 0.25) is 11.8 Å². The number of nitrogens with one attached hydrogen (secondary N) is 1. The molecule has 5 nitrogen and oxygen atoms in total. The number of amides is 2. The summed E-state index contributed by atoms with van der Waals surface area (Å²) in [6.45, 7) is 7.81. The average molecular weight is 269 g/mol. The van der Waals surface area contributed by atoms with Crippen LogP contribution in [0.3, 0.4) is 0 Å². The largest absolute Gasteiger partial charge is 0.369 e. The van der Waals surface area contributed by atoms with Gasteiger partial charge in [-0.25, -0.2) is 0 Å². The minimum Gasteiger partial charge on any atom is -0.369 e. The van der Waals surface area contributed by atoms with Gasteiger partial charge in [-0.1, -0.05) is 20.8 Å². The van der Waals surface area contributed by atoms with Crippen LogP contribution in [0, 0.1) is 17.8 Å². The molecule has 1 saturated carbocycles. The summed E-state index contributed by atoms with van der Waals surface area (Å²) in [5.74, 6) is -0.268. The zero-order valence-corrected chi connectivity index (χ0v) is 12.4. The lowest BCUT2D eigenvalue weighted by Crippen LogP contribution is -2.64. The van der Waals surface area contributed by atoms with E-state index in [1.165, 1.54) is 0 Å². The first-order valence-electron chi connectivity index (χ1n) is 7.07. The van der Waals surface area contributed by atoms with Gasteiger partial charge in [-0.05, 0) is 38.0 Å². The van der Waals surface area contributed by atoms with Crippen LogP contribution in [0.5, 0.6) is 0 Å². The van der Waals surface area contributed by atoms with Gasteiger partial charge >= 0.3 is 0 Å². The Morgan fingerprint density at radius 3 is 2.32 bits per heavy atom. The lowest BCUT2D eigenvalue weighted by molar-refractivity contribution is -0.133. The van der Waals surface area contributed by atoms with Gasteiger partial charge in [0.25, 0.3) is 0 Å². The van der Waals surface area contributed by atoms with Gasteiger partial charge < -0.3 is 16.8 Å². The molecule has 0 bridgehead atoms. The zero-order valence-electron chi connectivity index (χ0n) is 12.4. The van der Waals surface area contributed by atoms with Crippen molar-refractivity contribution in [2.24, 2.45) is 29.2 Å². The van der Waals surface area contributed by atoms with Gasteiger partial charge in [-0.3, -0.25) is 9.59 Å². The lowest BCUT2D eigenvalue weighted by Gasteiger charge is -2.48. The molecule has 0 aliphatic heterocycles. The van der Waals surface area contributed by atoms with Crippen molar-refractivity contribution < 1.29 is 9.59 Å². The van der Waals surface area contributed by atoms with Gasteiger partial charge in [0.05, 0.1) is 17.5 Å². The van der Waals surface area contributed by atoms with Crippen LogP contribution in [-0.2, 0) is 9.59 Å². The minimum atomic E-state index is -0.580. The SMILES string of the molecule is CC1CCC(NC(=O)[C@@H](C)N)(C(C)C)[C@@H](C(N)=O)C1. The number of hydrogen-bond donors (Lipinski definition) is 3. The van der Waals surface area contributed by atoms with Crippen LogP contribution in [0.4, 0.5) is 0 Å². The predicted molar refractivity (Wildman–Crippen MR) is 75.1 cm³/mol. The van der Waals surface area contributed by atoms with Gasteiger partial charge in [0.1, 0.15) is 0 Å². The number of nitrogens with two attached hydrogens (primary N) is 2. The van der Waals surface area contributed by atoms with Gasteiger partial charge in [0, 0.05) is 0 Å². The average Bonchev–Trinajstić information content (AvgIpc) is 2.30. The van der Waals surface area contributed by atoms with Crippen LogP contribution in [0.15, 0.2) is 0 Å². The van der Waals surface area contributed by atoms with E-state index in [0.717, 1.165) is 19.3 Å². The third kappa shape index (κ3) is 3.26. The molecule has 2 unspecified atom stereocenters. The molecule has 0 spiro atoms. The van der Waals surface area contributed by atoms with Crippen LogP contribution in [-0.4, -0.2) is 23.4 Å². The third-order valence-corrected chi connectivity index (χ3v) is 4.45. The quantitative estimate of drug-likeness (QED) is 0.703. The Bertz CT molecular complexity index is 355. The Labute approximate surface area is 115 Å². The van der Waals surface area contributed by atoms with Crippen LogP contribution < -0.4 is 16.8 Å². The number of carbonyl (C=O) groups excluding carboxylic acids is 2. The molecule has 110 valence electrons. The van der Waals surface area contributed by atoms with Gasteiger partial charge in [0.15, 0.2) is 0 Å². The number of rotatable bonds is 4. The molecule has 5 heteroatoms. The second-order valence-corrected chi connectivity index (χ2v) is 6.31. The topological polar surface area (TPSA) is 98.2 Å². The van der Waals surface area contributed by atoms with Crippen molar-refractivity contribution in [2.45, 2.75) is 58.5 Å². The fourth-order valence-corrected chi connectivity index (χ4v) is 3.09. The van der Waals surface area contributed by atoms with E-state index in [2.05, 4.69) is 12.2 Å². The van der Waals surface area contributed by atoms with Crippen LogP contribution in [0.1, 0.15) is 47.0 Å². The molecule has 2 amide bonds. The molecule has 4 atom stereocenters. The molecular formula is C14H27N3O2. The van der Waals surface area contributed by atoms with Crippen molar-refractivity contribution in [3.05, 3.63) is 0 Å². The molecule has 1 fully saturated rings. The van der Waals surface area contributed by atoms with E-state index in [-0.39, 0.29) is 23.7 Å². The number of hydrogen-bond acceptors (Lipinski definition) is 3. The Balaban J connectivity index is 3.07. The molecule has 0 aromatic carbocycles. The summed E-state index contributed by atoms with van der Waals surface area (Å²) < 4.78 is 0. The highest BCUT2D eigenvalue weighted by Gasteiger charge is 2.48. The molecule has 0 radical (unpaired) electrons. The third-order valence-electron chi connectivity index (χ3n) is 4.45. The molecule has 0 saturated heterocycles. The second kappa shape index (κ2) is 5.90. The Kier molecular flexibility index (Phi) is 4.96. The highest BCUT2D eigenvalue weighted by molar-refractivity contribution is 5.84. The maximum Gasteiger partial charge on any atom is 0.237 e. The molecule has 0 aromatic rings. The first-order chi connectivity index (χ1) is 8.70. The van der Waals surface area contributed by atoms with E-state index < -0.39 is 11.6 Å². The molecule has 5 N–H and O–H groups in total. The van der Waals surface area contributed by atoms with Crippen molar-refractivity contribution in [1.82, 2.24) is 5.32 Å². The highest BCUT2D eigenvalue weighted by atomic mass is 16.2. The van der Waals surface area contributed by atoms with Crippen molar-refractivity contribution >= 4 is 11.8 Å². The second-order valence-electron chi connectivity index (χ2n) is 6.31. The summed E-state index contributed by atoms with van der Waals surface area (Å²) in [5, 5.41) is 3.02. The number of primary amides is 1. The first kappa shape index (κ1) is 16.0. The summed E-state index contributed by atoms with van der Waals surface area (Å²) in [7, 11) is 0. The van der Waals surface area contributed by atoms with Crippen molar-refractivity contribution in [3.8, 4) is 0 Å². The van der Waals surface area contributed by atoms with Crippen molar-refractivity contribution in [2.75, 3.05) is 0 Å². The number of carbonyl (C=O) groups is 2. The minimum absolute atomic E-state index is 0.139. The van der Waals surface area contributed by atoms with Crippen LogP contribution >= 0.6 is 0 Å². The summed E-state index contributed by atoms with van der Waals surface area (Å²) >= 11 is 0. The fraction of sp³-hybridized carbons (Fsp3) is 0.857. The van der Waals surface area contributed by atoms with Crippen LogP contribution in [0.2, 0.25) is 0 Å². The zero-order chi connectivity index (χ0) is 14.8. The maximum atomic E-state index is 12.0. The van der Waals surface area contributed by atoms with Crippen molar-refractivity contribution in [1.29, 1.82) is 0 Å². The summed E-state index contributed by atoms with van der Waals surface area (Å²) in [6.07, 6.45) is 2.49. The van der Waals surface area contributed by atoms with E-state index in [0.29, 0.717) is 5.92 Å². The summed E-state index contributed by atoms with van der Waals surface area (Å²) in [5.41, 5.74) is 10.7. The molecule has 19 heavy (non-hydrogen) atoms. The van der Waals surface area contributed by atoms with Gasteiger partial charge in [-0.2, -0.15) is 0 Å². The molecule has 0 heterocycles. The van der Waals surface area contributed by atoms with E-state index >= 15 is 0 Å². The fourth-order valence-electron chi connectivity index (χ4n) is 3.09. The van der Waals surface area contributed by atoms with E-state index in [9.17, 15) is 9.59 Å². The predicted octanol–water partition coefficient (Wildman–Crippen LogP) is 0.766. The van der Waals surface area contributed by atoms with E-state index in [4.69, 9.17) is 11.5 Å². The standard InChI is InChI=1S/C14H27N3O2/c1-8(2)14(17-13(19)10(4)15)6-5-9(3)7-11(14)12(16)18/h8-11H,5-7,15H2,1-4H3,(H2,16,18)(H,17,19)/t9?,10-,11-,14?/m1/s1. The van der Waals surface area contributed by atoms with E-state index in [1.807, 2.05) is 13.8 Å². The molecule has 1 aliphatic carbocycles. The maximum absolute atomic E-state index is 12.0. The lowest BCUT2D eigenvalue weighted by atomic mass is 9.63. The van der Waals surface area contributed by atoms with Crippen LogP contribution in [0.25, 0.3) is 0 Å². The summed E-state index contributed by atoms with van der Waals surface area (Å²) in [4.78, 5) is 23.8. The van der Waals surface area contributed by atoms with Gasteiger partial charge in [-0.15, -0.1) is 0 Å². The molecule has 1 aliphatic rings. The summed E-state index contributed by atoms with van der Waals surface area (Å²) in [6, 6.07) is -0.580. The Morgan fingerprint density at radius 2 is 1.89 bits per heavy atom. The molecule has 1 rings (SSSR count). The monoisotopic (exact) mass is 269 g/mol. The molecule has 0 aromatic heterocycles. The highest BCUT2D eigenvalue weighted by Crippen LogP contribution is 2.41. The molecular weight excluding hydrogens is 242 g/mol. The van der Waals surface area contributed by atoms with Crippen molar-refractivity contribution in [3.63, 3.8) is 0 Å². The van der Waals surface area contributed by atoms with E-state index in [1.54, 1.807) is 6.92 Å². The normalized spacial score (nSPS) is 32.9. The first-order valence-corrected chi connectivity index (χ1v) is 7.07. The smallest absolute Gasteiger partial charge is 0.237 e. The Hall–Kier alpha value is -1.10.